The number of hydrogen-bond donors (Lipinski definition) is 1. The molecule has 9 heteroatoms. The summed E-state index contributed by atoms with van der Waals surface area (Å²) in [6.07, 6.45) is 1.74. The third kappa shape index (κ3) is 4.92. The van der Waals surface area contributed by atoms with Gasteiger partial charge in [-0.2, -0.15) is 4.31 Å². The summed E-state index contributed by atoms with van der Waals surface area (Å²) < 4.78 is 27.0. The van der Waals surface area contributed by atoms with E-state index in [4.69, 9.17) is 0 Å². The van der Waals surface area contributed by atoms with Crippen molar-refractivity contribution in [2.75, 3.05) is 36.4 Å². The zero-order valence-electron chi connectivity index (χ0n) is 16.8. The molecule has 0 bridgehead atoms. The maximum absolute atomic E-state index is 12.7. The molecule has 0 saturated carbocycles. The average molecular weight is 425 g/mol. The van der Waals surface area contributed by atoms with E-state index in [0.717, 1.165) is 16.9 Å². The number of nitrogens with one attached hydrogen (secondary N) is 1. The van der Waals surface area contributed by atoms with E-state index in [2.05, 4.69) is 25.4 Å². The lowest BCUT2D eigenvalue weighted by Gasteiger charge is -2.34. The molecule has 1 saturated heterocycles. The zero-order valence-corrected chi connectivity index (χ0v) is 17.6. The summed E-state index contributed by atoms with van der Waals surface area (Å²) in [5, 5.41) is 11.7. The van der Waals surface area contributed by atoms with Crippen LogP contribution in [0.5, 0.6) is 0 Å². The van der Waals surface area contributed by atoms with Crippen molar-refractivity contribution in [2.24, 2.45) is 0 Å². The van der Waals surface area contributed by atoms with E-state index in [9.17, 15) is 8.42 Å². The van der Waals surface area contributed by atoms with E-state index in [1.54, 1.807) is 10.5 Å². The van der Waals surface area contributed by atoms with Gasteiger partial charge in [0.15, 0.2) is 11.6 Å². The summed E-state index contributed by atoms with van der Waals surface area (Å²) in [7, 11) is -3.33. The molecule has 1 N–H and O–H groups in total. The fourth-order valence-corrected chi connectivity index (χ4v) is 4.88. The average Bonchev–Trinajstić information content (AvgIpc) is 2.75. The van der Waals surface area contributed by atoms with Gasteiger partial charge in [0.2, 0.25) is 10.0 Å². The van der Waals surface area contributed by atoms with Crippen molar-refractivity contribution in [2.45, 2.75) is 12.7 Å². The van der Waals surface area contributed by atoms with E-state index in [1.165, 1.54) is 0 Å². The number of anilines is 3. The van der Waals surface area contributed by atoms with Crippen LogP contribution in [0.2, 0.25) is 0 Å². The van der Waals surface area contributed by atoms with E-state index < -0.39 is 10.0 Å². The van der Waals surface area contributed by atoms with Gasteiger partial charge in [-0.1, -0.05) is 30.3 Å². The molecule has 1 aromatic carbocycles. The number of benzene rings is 1. The van der Waals surface area contributed by atoms with Crippen LogP contribution < -0.4 is 10.2 Å². The molecular weight excluding hydrogens is 400 g/mol. The summed E-state index contributed by atoms with van der Waals surface area (Å²) in [4.78, 5) is 6.31. The Morgan fingerprint density at radius 1 is 0.933 bits per heavy atom. The number of sulfonamides is 1. The van der Waals surface area contributed by atoms with Crippen LogP contribution in [0.15, 0.2) is 60.8 Å². The first-order chi connectivity index (χ1) is 14.5. The van der Waals surface area contributed by atoms with Gasteiger partial charge in [0.1, 0.15) is 5.82 Å². The summed E-state index contributed by atoms with van der Waals surface area (Å²) in [6, 6.07) is 16.9. The monoisotopic (exact) mass is 424 g/mol. The van der Waals surface area contributed by atoms with Gasteiger partial charge in [0.25, 0.3) is 0 Å². The molecule has 2 aromatic heterocycles. The molecule has 30 heavy (non-hydrogen) atoms. The highest BCUT2D eigenvalue weighted by Gasteiger charge is 2.27. The predicted octanol–water partition coefficient (Wildman–Crippen LogP) is 2.58. The highest BCUT2D eigenvalue weighted by Crippen LogP contribution is 2.19. The molecule has 156 valence electrons. The highest BCUT2D eigenvalue weighted by atomic mass is 32.2. The van der Waals surface area contributed by atoms with Crippen LogP contribution in [0.1, 0.15) is 11.1 Å². The SMILES string of the molecule is Cc1ccnc(Nc2ccc(N3CCN(S(=O)(=O)Cc4ccccc4)CC3)nn2)c1. The van der Waals surface area contributed by atoms with Crippen molar-refractivity contribution in [1.29, 1.82) is 0 Å². The Kier molecular flexibility index (Phi) is 5.91. The normalized spacial score (nSPS) is 15.2. The van der Waals surface area contributed by atoms with Crippen LogP contribution in [-0.2, 0) is 15.8 Å². The van der Waals surface area contributed by atoms with Crippen molar-refractivity contribution < 1.29 is 8.42 Å². The molecule has 1 aliphatic heterocycles. The largest absolute Gasteiger partial charge is 0.352 e. The second kappa shape index (κ2) is 8.76. The van der Waals surface area contributed by atoms with Gasteiger partial charge in [0, 0.05) is 32.4 Å². The van der Waals surface area contributed by atoms with Crippen LogP contribution in [0.25, 0.3) is 0 Å². The number of hydrogen-bond acceptors (Lipinski definition) is 7. The van der Waals surface area contributed by atoms with Crippen molar-refractivity contribution in [3.05, 3.63) is 71.9 Å². The van der Waals surface area contributed by atoms with Crippen LogP contribution >= 0.6 is 0 Å². The minimum absolute atomic E-state index is 0.0288. The number of piperazine rings is 1. The van der Waals surface area contributed by atoms with Gasteiger partial charge in [-0.3, -0.25) is 0 Å². The summed E-state index contributed by atoms with van der Waals surface area (Å²) in [6.45, 7) is 4.03. The number of aromatic nitrogens is 3. The molecule has 3 heterocycles. The van der Waals surface area contributed by atoms with Gasteiger partial charge in [-0.05, 0) is 42.3 Å². The lowest BCUT2D eigenvalue weighted by molar-refractivity contribution is 0.383. The Balaban J connectivity index is 1.34. The molecule has 1 aliphatic rings. The first kappa shape index (κ1) is 20.2. The van der Waals surface area contributed by atoms with Crippen molar-refractivity contribution in [1.82, 2.24) is 19.5 Å². The maximum atomic E-state index is 12.7. The van der Waals surface area contributed by atoms with Crippen molar-refractivity contribution >= 4 is 27.5 Å². The Labute approximate surface area is 176 Å². The summed E-state index contributed by atoms with van der Waals surface area (Å²) in [5.74, 6) is 2.09. The third-order valence-electron chi connectivity index (χ3n) is 4.97. The Bertz CT molecular complexity index is 1080. The van der Waals surface area contributed by atoms with Crippen LogP contribution in [-0.4, -0.2) is 54.1 Å². The molecule has 0 spiro atoms. The lowest BCUT2D eigenvalue weighted by Crippen LogP contribution is -2.49. The second-order valence-electron chi connectivity index (χ2n) is 7.25. The lowest BCUT2D eigenvalue weighted by atomic mass is 10.2. The molecule has 8 nitrogen and oxygen atoms in total. The molecule has 3 aromatic rings. The van der Waals surface area contributed by atoms with Gasteiger partial charge in [0.05, 0.1) is 5.75 Å². The fourth-order valence-electron chi connectivity index (χ4n) is 3.37. The topological polar surface area (TPSA) is 91.3 Å². The van der Waals surface area contributed by atoms with Crippen LogP contribution in [0, 0.1) is 6.92 Å². The number of rotatable bonds is 6. The Morgan fingerprint density at radius 2 is 1.70 bits per heavy atom. The molecule has 1 fully saturated rings. The first-order valence-electron chi connectivity index (χ1n) is 9.80. The standard InChI is InChI=1S/C21H24N6O2S/c1-17-9-10-22-20(15-17)23-19-7-8-21(25-24-19)26-11-13-27(14-12-26)30(28,29)16-18-5-3-2-4-6-18/h2-10,15H,11-14,16H2,1H3,(H,22,23,24). The number of nitrogens with zero attached hydrogens (tertiary/aromatic N) is 5. The minimum atomic E-state index is -3.33. The van der Waals surface area contributed by atoms with E-state index >= 15 is 0 Å². The number of aryl methyl sites for hydroxylation is 1. The summed E-state index contributed by atoms with van der Waals surface area (Å²) in [5.41, 5.74) is 1.91. The van der Waals surface area contributed by atoms with Gasteiger partial charge in [-0.15, -0.1) is 10.2 Å². The Morgan fingerprint density at radius 3 is 2.37 bits per heavy atom. The molecular formula is C21H24N6O2S. The third-order valence-corrected chi connectivity index (χ3v) is 6.82. The molecule has 0 unspecified atom stereocenters. The molecule has 0 aliphatic carbocycles. The minimum Gasteiger partial charge on any atom is -0.352 e. The van der Waals surface area contributed by atoms with Gasteiger partial charge < -0.3 is 10.2 Å². The van der Waals surface area contributed by atoms with Crippen molar-refractivity contribution in [3.63, 3.8) is 0 Å². The van der Waals surface area contributed by atoms with Crippen LogP contribution in [0.3, 0.4) is 0 Å². The van der Waals surface area contributed by atoms with Crippen LogP contribution in [0.4, 0.5) is 17.5 Å². The van der Waals surface area contributed by atoms with E-state index in [1.807, 2.05) is 61.5 Å². The molecule has 4 rings (SSSR count). The first-order valence-corrected chi connectivity index (χ1v) is 11.4. The predicted molar refractivity (Wildman–Crippen MR) is 117 cm³/mol. The quantitative estimate of drug-likeness (QED) is 0.650. The molecule has 0 amide bonds. The number of pyridine rings is 1. The summed E-state index contributed by atoms with van der Waals surface area (Å²) >= 11 is 0. The smallest absolute Gasteiger partial charge is 0.218 e. The highest BCUT2D eigenvalue weighted by molar-refractivity contribution is 7.88. The van der Waals surface area contributed by atoms with E-state index in [0.29, 0.717) is 37.8 Å². The molecule has 0 atom stereocenters. The van der Waals surface area contributed by atoms with Gasteiger partial charge in [-0.25, -0.2) is 13.4 Å². The maximum Gasteiger partial charge on any atom is 0.218 e. The zero-order chi connectivity index (χ0) is 21.0. The van der Waals surface area contributed by atoms with Gasteiger partial charge >= 0.3 is 0 Å². The fraction of sp³-hybridized carbons (Fsp3) is 0.286. The van der Waals surface area contributed by atoms with Crippen molar-refractivity contribution in [3.8, 4) is 0 Å². The molecule has 0 radical (unpaired) electrons. The second-order valence-corrected chi connectivity index (χ2v) is 9.22. The van der Waals surface area contributed by atoms with E-state index in [-0.39, 0.29) is 5.75 Å². The Hall–Kier alpha value is -3.04.